The summed E-state index contributed by atoms with van der Waals surface area (Å²) < 4.78 is 58.3. The van der Waals surface area contributed by atoms with E-state index in [2.05, 4.69) is 0 Å². The lowest BCUT2D eigenvalue weighted by Gasteiger charge is -2.24. The maximum atomic E-state index is 12.8. The van der Waals surface area contributed by atoms with Gasteiger partial charge < -0.3 is 24.3 Å². The zero-order chi connectivity index (χ0) is 24.9. The highest BCUT2D eigenvalue weighted by Crippen LogP contribution is 2.28. The largest absolute Gasteiger partial charge is 0.471 e. The summed E-state index contributed by atoms with van der Waals surface area (Å²) in [6.07, 6.45) is -10.2. The minimum atomic E-state index is -5.31. The molecule has 1 N–H and O–H groups in total. The SMILES string of the molecule is CC(=O)OC1OC(COC(=O)c2ccc([N+](=O)[O-])cc2)C(NC(=O)C(F)(F)F)C1OC(C)=O. The predicted octanol–water partition coefficient (Wildman–Crippen LogP) is 1.02. The lowest BCUT2D eigenvalue weighted by Crippen LogP contribution is -2.54. The van der Waals surface area contributed by atoms with Crippen molar-refractivity contribution in [3.8, 4) is 0 Å². The Morgan fingerprint density at radius 1 is 1.09 bits per heavy atom. The van der Waals surface area contributed by atoms with Crippen LogP contribution in [0.25, 0.3) is 0 Å². The molecule has 0 bridgehead atoms. The lowest BCUT2D eigenvalue weighted by molar-refractivity contribution is -0.384. The number of nitrogens with zero attached hydrogens (tertiary/aromatic N) is 1. The highest BCUT2D eigenvalue weighted by molar-refractivity contribution is 5.89. The molecule has 1 aliphatic rings. The Morgan fingerprint density at radius 2 is 1.67 bits per heavy atom. The summed E-state index contributed by atoms with van der Waals surface area (Å²) in [5, 5.41) is 12.3. The first-order valence-corrected chi connectivity index (χ1v) is 9.08. The molecule has 1 fully saturated rings. The van der Waals surface area contributed by atoms with Crippen molar-refractivity contribution < 1.29 is 56.2 Å². The maximum absolute atomic E-state index is 12.8. The van der Waals surface area contributed by atoms with Gasteiger partial charge in [0.15, 0.2) is 6.10 Å². The fourth-order valence-corrected chi connectivity index (χ4v) is 2.81. The van der Waals surface area contributed by atoms with E-state index >= 15 is 0 Å². The number of carbonyl (C=O) groups is 4. The second-order valence-electron chi connectivity index (χ2n) is 6.63. The summed E-state index contributed by atoms with van der Waals surface area (Å²) in [5.41, 5.74) is -0.420. The molecule has 1 aliphatic heterocycles. The molecule has 1 aromatic carbocycles. The Labute approximate surface area is 183 Å². The molecule has 15 heteroatoms. The van der Waals surface area contributed by atoms with Crippen molar-refractivity contribution in [2.75, 3.05) is 6.61 Å². The molecule has 12 nitrogen and oxygen atoms in total. The zero-order valence-corrected chi connectivity index (χ0v) is 17.0. The molecule has 2 rings (SSSR count). The van der Waals surface area contributed by atoms with Crippen LogP contribution in [0, 0.1) is 10.1 Å². The number of esters is 3. The number of ether oxygens (including phenoxy) is 4. The number of rotatable bonds is 7. The van der Waals surface area contributed by atoms with Gasteiger partial charge in [0.05, 0.1) is 10.5 Å². The standard InChI is InChI=1S/C18H17F3N2O10/c1-8(24)31-14-13(22-17(27)18(19,20)21)12(33-16(14)32-9(2)25)7-30-15(26)10-3-5-11(6-4-10)23(28)29/h3-6,12-14,16H,7H2,1-2H3,(H,22,27). The van der Waals surface area contributed by atoms with Gasteiger partial charge in [-0.25, -0.2) is 4.79 Å². The smallest absolute Gasteiger partial charge is 0.459 e. The van der Waals surface area contributed by atoms with Crippen LogP contribution < -0.4 is 5.32 Å². The minimum Gasteiger partial charge on any atom is -0.459 e. The van der Waals surface area contributed by atoms with Crippen molar-refractivity contribution in [3.05, 3.63) is 39.9 Å². The zero-order valence-electron chi connectivity index (χ0n) is 17.0. The number of nitro groups is 1. The quantitative estimate of drug-likeness (QED) is 0.259. The second kappa shape index (κ2) is 10.2. The van der Waals surface area contributed by atoms with Gasteiger partial charge in [0.1, 0.15) is 18.8 Å². The van der Waals surface area contributed by atoms with Crippen LogP contribution in [0.15, 0.2) is 24.3 Å². The van der Waals surface area contributed by atoms with Gasteiger partial charge in [-0.1, -0.05) is 0 Å². The number of halogens is 3. The van der Waals surface area contributed by atoms with Crippen LogP contribution in [0.5, 0.6) is 0 Å². The van der Waals surface area contributed by atoms with Crippen molar-refractivity contribution in [3.63, 3.8) is 0 Å². The lowest BCUT2D eigenvalue weighted by atomic mass is 10.1. The number of non-ortho nitro benzene ring substituents is 1. The van der Waals surface area contributed by atoms with Crippen LogP contribution >= 0.6 is 0 Å². The number of benzene rings is 1. The number of hydrogen-bond acceptors (Lipinski definition) is 10. The van der Waals surface area contributed by atoms with Gasteiger partial charge >= 0.3 is 30.0 Å². The number of hydrogen-bond donors (Lipinski definition) is 1. The van der Waals surface area contributed by atoms with Crippen LogP contribution in [-0.4, -0.2) is 66.1 Å². The topological polar surface area (TPSA) is 160 Å². The van der Waals surface area contributed by atoms with Crippen molar-refractivity contribution in [1.82, 2.24) is 5.32 Å². The summed E-state index contributed by atoms with van der Waals surface area (Å²) in [7, 11) is 0. The van der Waals surface area contributed by atoms with E-state index in [9.17, 15) is 42.5 Å². The molecule has 33 heavy (non-hydrogen) atoms. The fraction of sp³-hybridized carbons (Fsp3) is 0.444. The molecule has 0 radical (unpaired) electrons. The number of alkyl halides is 3. The highest BCUT2D eigenvalue weighted by Gasteiger charge is 2.52. The molecular weight excluding hydrogens is 461 g/mol. The molecule has 1 amide bonds. The Morgan fingerprint density at radius 3 is 2.15 bits per heavy atom. The first-order chi connectivity index (χ1) is 15.3. The van der Waals surface area contributed by atoms with Crippen molar-refractivity contribution in [2.45, 2.75) is 44.6 Å². The van der Waals surface area contributed by atoms with Gasteiger partial charge in [-0.3, -0.25) is 24.5 Å². The van der Waals surface area contributed by atoms with Crippen molar-refractivity contribution >= 4 is 29.5 Å². The molecule has 0 saturated carbocycles. The molecule has 1 saturated heterocycles. The second-order valence-corrected chi connectivity index (χ2v) is 6.63. The Bertz CT molecular complexity index is 934. The van der Waals surface area contributed by atoms with Crippen LogP contribution in [0.2, 0.25) is 0 Å². The molecule has 4 atom stereocenters. The van der Waals surface area contributed by atoms with Crippen LogP contribution in [0.1, 0.15) is 24.2 Å². The number of carbonyl (C=O) groups excluding carboxylic acids is 4. The molecule has 1 aromatic rings. The van der Waals surface area contributed by atoms with E-state index < -0.39 is 66.1 Å². The van der Waals surface area contributed by atoms with Crippen LogP contribution in [0.4, 0.5) is 18.9 Å². The van der Waals surface area contributed by atoms with E-state index in [1.165, 1.54) is 0 Å². The molecule has 4 unspecified atom stereocenters. The highest BCUT2D eigenvalue weighted by atomic mass is 19.4. The summed E-state index contributed by atoms with van der Waals surface area (Å²) in [6.45, 7) is 1.13. The van der Waals surface area contributed by atoms with Crippen LogP contribution in [0.3, 0.4) is 0 Å². The summed E-state index contributed by atoms with van der Waals surface area (Å²) in [5.74, 6) is -5.32. The molecule has 0 spiro atoms. The van der Waals surface area contributed by atoms with E-state index in [0.717, 1.165) is 38.1 Å². The molecule has 1 heterocycles. The number of nitro benzene ring substituents is 1. The van der Waals surface area contributed by atoms with Crippen molar-refractivity contribution in [2.24, 2.45) is 0 Å². The normalized spacial score (nSPS) is 22.2. The Balaban J connectivity index is 2.21. The van der Waals surface area contributed by atoms with E-state index in [4.69, 9.17) is 18.9 Å². The first kappa shape index (κ1) is 25.5. The van der Waals surface area contributed by atoms with Crippen LogP contribution in [-0.2, 0) is 33.3 Å². The van der Waals surface area contributed by atoms with E-state index in [1.54, 1.807) is 5.32 Å². The molecule has 0 aromatic heterocycles. The van der Waals surface area contributed by atoms with E-state index in [0.29, 0.717) is 0 Å². The first-order valence-electron chi connectivity index (χ1n) is 9.08. The third-order valence-corrected chi connectivity index (χ3v) is 4.16. The van der Waals surface area contributed by atoms with Gasteiger partial charge in [0.2, 0.25) is 6.29 Å². The predicted molar refractivity (Wildman–Crippen MR) is 97.3 cm³/mol. The van der Waals surface area contributed by atoms with Crippen molar-refractivity contribution in [1.29, 1.82) is 0 Å². The fourth-order valence-electron chi connectivity index (χ4n) is 2.81. The monoisotopic (exact) mass is 478 g/mol. The average Bonchev–Trinajstić information content (AvgIpc) is 3.00. The van der Waals surface area contributed by atoms with E-state index in [-0.39, 0.29) is 11.3 Å². The number of amides is 1. The Kier molecular flexibility index (Phi) is 7.92. The average molecular weight is 478 g/mol. The summed E-state index contributed by atoms with van der Waals surface area (Å²) in [6, 6.07) is 2.52. The third-order valence-electron chi connectivity index (χ3n) is 4.16. The maximum Gasteiger partial charge on any atom is 0.471 e. The minimum absolute atomic E-state index is 0.123. The van der Waals surface area contributed by atoms with E-state index in [1.807, 2.05) is 0 Å². The molecule has 180 valence electrons. The molecular formula is C18H17F3N2O10. The molecule has 0 aliphatic carbocycles. The summed E-state index contributed by atoms with van der Waals surface area (Å²) in [4.78, 5) is 56.4. The van der Waals surface area contributed by atoms with Gasteiger partial charge in [0, 0.05) is 26.0 Å². The van der Waals surface area contributed by atoms with Gasteiger partial charge in [-0.15, -0.1) is 0 Å². The number of nitrogens with one attached hydrogen (secondary N) is 1. The summed E-state index contributed by atoms with van der Waals surface area (Å²) >= 11 is 0. The van der Waals surface area contributed by atoms with Gasteiger partial charge in [0.25, 0.3) is 5.69 Å². The third kappa shape index (κ3) is 6.86. The van der Waals surface area contributed by atoms with Gasteiger partial charge in [-0.2, -0.15) is 13.2 Å². The Hall–Kier alpha value is -3.75. The van der Waals surface area contributed by atoms with Gasteiger partial charge in [-0.05, 0) is 12.1 Å².